The molecule has 34 heavy (non-hydrogen) atoms. The van der Waals surface area contributed by atoms with Gasteiger partial charge in [0.2, 0.25) is 11.6 Å². The molecule has 2 aromatic heterocycles. The van der Waals surface area contributed by atoms with Crippen LogP contribution in [0.25, 0.3) is 23.1 Å². The van der Waals surface area contributed by atoms with Crippen LogP contribution in [0.4, 0.5) is 13.2 Å². The van der Waals surface area contributed by atoms with Gasteiger partial charge in [-0.05, 0) is 67.3 Å². The molecular formula is C22H21F3N6O2S. The van der Waals surface area contributed by atoms with E-state index in [0.29, 0.717) is 17.9 Å². The van der Waals surface area contributed by atoms with Crippen LogP contribution in [0.2, 0.25) is 0 Å². The maximum absolute atomic E-state index is 12.3. The fraction of sp³-hybridized carbons (Fsp3) is 0.273. The van der Waals surface area contributed by atoms with Crippen molar-refractivity contribution in [1.29, 1.82) is 0 Å². The largest absolute Gasteiger partial charge is 0.573 e. The molecule has 178 valence electrons. The zero-order chi connectivity index (χ0) is 24.1. The Labute approximate surface area is 197 Å². The van der Waals surface area contributed by atoms with Gasteiger partial charge in [-0.2, -0.15) is 4.98 Å². The molecule has 0 bridgehead atoms. The van der Waals surface area contributed by atoms with Crippen molar-refractivity contribution >= 4 is 11.9 Å². The van der Waals surface area contributed by atoms with Crippen LogP contribution in [0, 0.1) is 6.92 Å². The lowest BCUT2D eigenvalue weighted by molar-refractivity contribution is -0.274. The molecule has 2 heterocycles. The summed E-state index contributed by atoms with van der Waals surface area (Å²) >= 11 is 1.59. The number of benzene rings is 2. The Morgan fingerprint density at radius 1 is 1.09 bits per heavy atom. The molecule has 0 atom stereocenters. The highest BCUT2D eigenvalue weighted by molar-refractivity contribution is 7.97. The number of alkyl halides is 3. The average Bonchev–Trinajstić information content (AvgIpc) is 3.41. The van der Waals surface area contributed by atoms with E-state index in [1.807, 2.05) is 25.1 Å². The van der Waals surface area contributed by atoms with Crippen LogP contribution in [0.5, 0.6) is 5.75 Å². The normalized spacial score (nSPS) is 11.7. The molecular weight excluding hydrogens is 469 g/mol. The fourth-order valence-corrected chi connectivity index (χ4v) is 3.84. The summed E-state index contributed by atoms with van der Waals surface area (Å²) in [6.45, 7) is 5.39. The van der Waals surface area contributed by atoms with Gasteiger partial charge in [0.1, 0.15) is 11.6 Å². The van der Waals surface area contributed by atoms with Gasteiger partial charge in [-0.3, -0.25) is 4.72 Å². The molecule has 0 spiro atoms. The van der Waals surface area contributed by atoms with Crippen molar-refractivity contribution in [2.24, 2.45) is 0 Å². The maximum Gasteiger partial charge on any atom is 0.573 e. The average molecular weight is 491 g/mol. The number of hydrogen-bond donors (Lipinski definition) is 1. The zero-order valence-corrected chi connectivity index (χ0v) is 19.2. The van der Waals surface area contributed by atoms with Gasteiger partial charge in [0.15, 0.2) is 0 Å². The summed E-state index contributed by atoms with van der Waals surface area (Å²) < 4.78 is 51.2. The predicted octanol–water partition coefficient (Wildman–Crippen LogP) is 5.26. The minimum atomic E-state index is -4.75. The number of halogens is 3. The Hall–Kier alpha value is -3.38. The summed E-state index contributed by atoms with van der Waals surface area (Å²) in [6, 6.07) is 13.3. The van der Waals surface area contributed by atoms with Gasteiger partial charge < -0.3 is 9.26 Å². The Bertz CT molecular complexity index is 1240. The van der Waals surface area contributed by atoms with Crippen molar-refractivity contribution in [2.45, 2.75) is 38.1 Å². The Morgan fingerprint density at radius 2 is 1.88 bits per heavy atom. The molecule has 0 fully saturated rings. The molecule has 12 heteroatoms. The minimum absolute atomic E-state index is 0.112. The van der Waals surface area contributed by atoms with Crippen molar-refractivity contribution in [1.82, 2.24) is 29.6 Å². The molecule has 0 aliphatic rings. The molecule has 1 N–H and O–H groups in total. The van der Waals surface area contributed by atoms with Gasteiger partial charge in [0.05, 0.1) is 6.54 Å². The molecule has 0 aliphatic carbocycles. The molecule has 0 aliphatic heterocycles. The molecule has 0 saturated carbocycles. The second kappa shape index (κ2) is 10.3. The summed E-state index contributed by atoms with van der Waals surface area (Å²) in [5.74, 6) is 0.918. The molecule has 0 radical (unpaired) electrons. The van der Waals surface area contributed by atoms with Crippen LogP contribution in [0.1, 0.15) is 24.7 Å². The molecule has 4 rings (SSSR count). The number of rotatable bonds is 9. The third kappa shape index (κ3) is 6.14. The van der Waals surface area contributed by atoms with Crippen molar-refractivity contribution in [3.05, 3.63) is 59.9 Å². The smallest absolute Gasteiger partial charge is 0.406 e. The predicted molar refractivity (Wildman–Crippen MR) is 120 cm³/mol. The maximum atomic E-state index is 12.3. The first-order valence-electron chi connectivity index (χ1n) is 10.4. The number of ether oxygens (including phenoxy) is 1. The van der Waals surface area contributed by atoms with Gasteiger partial charge in [-0.1, -0.05) is 24.2 Å². The van der Waals surface area contributed by atoms with Crippen LogP contribution in [0.3, 0.4) is 0 Å². The van der Waals surface area contributed by atoms with E-state index in [1.165, 1.54) is 24.3 Å². The number of aryl methyl sites for hydroxylation is 1. The molecule has 0 amide bonds. The van der Waals surface area contributed by atoms with Crippen LogP contribution >= 0.6 is 11.9 Å². The van der Waals surface area contributed by atoms with E-state index in [9.17, 15) is 13.2 Å². The number of aromatic nitrogens is 5. The number of nitrogens with zero attached hydrogens (tertiary/aromatic N) is 5. The van der Waals surface area contributed by atoms with Crippen LogP contribution in [0.15, 0.2) is 57.9 Å². The third-order valence-corrected chi connectivity index (χ3v) is 5.43. The first-order chi connectivity index (χ1) is 16.3. The Morgan fingerprint density at radius 3 is 2.62 bits per heavy atom. The number of nitrogens with one attached hydrogen (secondary N) is 1. The van der Waals surface area contributed by atoms with Crippen molar-refractivity contribution in [2.75, 3.05) is 6.54 Å². The van der Waals surface area contributed by atoms with Gasteiger partial charge in [-0.25, -0.2) is 9.67 Å². The molecule has 2 aromatic carbocycles. The van der Waals surface area contributed by atoms with Gasteiger partial charge >= 0.3 is 6.36 Å². The summed E-state index contributed by atoms with van der Waals surface area (Å²) in [4.78, 5) is 9.80. The van der Waals surface area contributed by atoms with E-state index >= 15 is 0 Å². The zero-order valence-electron chi connectivity index (χ0n) is 18.3. The molecule has 0 unspecified atom stereocenters. The highest BCUT2D eigenvalue weighted by Crippen LogP contribution is 2.26. The van der Waals surface area contributed by atoms with E-state index < -0.39 is 6.36 Å². The highest BCUT2D eigenvalue weighted by Gasteiger charge is 2.31. The van der Waals surface area contributed by atoms with Gasteiger partial charge in [0, 0.05) is 17.0 Å². The minimum Gasteiger partial charge on any atom is -0.406 e. The number of hydrogen-bond acceptors (Lipinski definition) is 8. The van der Waals surface area contributed by atoms with E-state index in [2.05, 4.69) is 42.7 Å². The Kier molecular flexibility index (Phi) is 7.17. The Balaban J connectivity index is 1.46. The third-order valence-electron chi connectivity index (χ3n) is 4.59. The van der Waals surface area contributed by atoms with Crippen molar-refractivity contribution < 1.29 is 22.4 Å². The van der Waals surface area contributed by atoms with E-state index in [4.69, 9.17) is 4.52 Å². The van der Waals surface area contributed by atoms with Crippen LogP contribution in [-0.2, 0) is 6.54 Å². The summed E-state index contributed by atoms with van der Waals surface area (Å²) in [6.07, 6.45) is -3.70. The SMILES string of the molecule is CCCNSc1cccc(Cn2nc(-c3nc(-c4ccc(OC(F)(F)F)cc4)no3)nc2C)c1. The van der Waals surface area contributed by atoms with Gasteiger partial charge in [-0.15, -0.1) is 18.3 Å². The topological polar surface area (TPSA) is 90.9 Å². The van der Waals surface area contributed by atoms with Crippen LogP contribution < -0.4 is 9.46 Å². The van der Waals surface area contributed by atoms with Crippen molar-refractivity contribution in [3.63, 3.8) is 0 Å². The highest BCUT2D eigenvalue weighted by atomic mass is 32.2. The summed E-state index contributed by atoms with van der Waals surface area (Å²) in [5, 5.41) is 8.37. The lowest BCUT2D eigenvalue weighted by Crippen LogP contribution is -2.16. The van der Waals surface area contributed by atoms with E-state index in [1.54, 1.807) is 16.6 Å². The van der Waals surface area contributed by atoms with Crippen LogP contribution in [-0.4, -0.2) is 37.8 Å². The molecule has 0 saturated heterocycles. The second-order valence-corrected chi connectivity index (χ2v) is 8.24. The standard InChI is InChI=1S/C22H21F3N6O2S/c1-3-11-26-34-18-6-4-5-15(12-18)13-31-14(2)27-20(29-31)21-28-19(30-33-21)16-7-9-17(10-8-16)32-22(23,24)25/h4-10,12,26H,3,11,13H2,1-2H3. The molecule has 8 nitrogen and oxygen atoms in total. The molecule has 4 aromatic rings. The van der Waals surface area contributed by atoms with E-state index in [0.717, 1.165) is 23.4 Å². The monoisotopic (exact) mass is 490 g/mol. The first kappa shape index (κ1) is 23.8. The first-order valence-corrected chi connectivity index (χ1v) is 11.2. The van der Waals surface area contributed by atoms with E-state index in [-0.39, 0.29) is 23.3 Å². The fourth-order valence-electron chi connectivity index (χ4n) is 3.01. The summed E-state index contributed by atoms with van der Waals surface area (Å²) in [5.41, 5.74) is 1.53. The van der Waals surface area contributed by atoms with Crippen molar-refractivity contribution in [3.8, 4) is 28.9 Å². The van der Waals surface area contributed by atoms with Gasteiger partial charge in [0.25, 0.3) is 5.89 Å². The lowest BCUT2D eigenvalue weighted by Gasteiger charge is -2.08. The summed E-state index contributed by atoms with van der Waals surface area (Å²) in [7, 11) is 0. The quantitative estimate of drug-likeness (QED) is 0.251. The second-order valence-electron chi connectivity index (χ2n) is 7.28. The lowest BCUT2D eigenvalue weighted by atomic mass is 10.2.